The van der Waals surface area contributed by atoms with Gasteiger partial charge in [-0.15, -0.1) is 0 Å². The number of nitrogens with one attached hydrogen (secondary N) is 2. The molecule has 6 fully saturated rings. The molecule has 6 aliphatic heterocycles. The number of carbonyl (C=O) groups is 2. The molecule has 6 saturated heterocycles. The van der Waals surface area contributed by atoms with E-state index in [-0.39, 0.29) is 0 Å². The van der Waals surface area contributed by atoms with Crippen molar-refractivity contribution in [3.63, 3.8) is 0 Å². The molecule has 30 atom stereocenters. The summed E-state index contributed by atoms with van der Waals surface area (Å²) in [6, 6.07) is -3.20. The van der Waals surface area contributed by atoms with Crippen molar-refractivity contribution in [2.45, 2.75) is 198 Å². The van der Waals surface area contributed by atoms with E-state index in [0.717, 1.165) is 13.8 Å². The van der Waals surface area contributed by atoms with Crippen LogP contribution in [0.25, 0.3) is 0 Å². The fourth-order valence-corrected chi connectivity index (χ4v) is 9.11. The van der Waals surface area contributed by atoms with E-state index < -0.39 is 236 Å². The Kier molecular flexibility index (Phi) is 21.3. The minimum atomic E-state index is -2.16. The highest BCUT2D eigenvalue weighted by Crippen LogP contribution is 2.35. The largest absolute Gasteiger partial charge is 0.394 e. The molecule has 6 heterocycles. The number of amides is 2. The van der Waals surface area contributed by atoms with Crippen LogP contribution >= 0.6 is 0 Å². The average molecular weight is 1070 g/mol. The second-order valence-corrected chi connectivity index (χ2v) is 18.3. The summed E-state index contributed by atoms with van der Waals surface area (Å²) in [7, 11) is 0. The summed E-state index contributed by atoms with van der Waals surface area (Å²) in [5.74, 6) is -1.51. The van der Waals surface area contributed by atoms with E-state index in [1.54, 1.807) is 0 Å². The topological polar surface area (TPSA) is 524 Å². The minimum Gasteiger partial charge on any atom is -0.394 e. The van der Waals surface area contributed by atoms with Gasteiger partial charge in [0.05, 0.1) is 39.6 Å². The van der Waals surface area contributed by atoms with Crippen LogP contribution in [-0.2, 0) is 61.7 Å². The number of hydrogen-bond acceptors (Lipinski definition) is 31. The summed E-state index contributed by atoms with van der Waals surface area (Å²) < 4.78 is 62.1. The second-order valence-electron chi connectivity index (χ2n) is 18.3. The first-order chi connectivity index (χ1) is 34.5. The molecule has 2 amide bonds. The molecule has 0 aromatic carbocycles. The normalized spacial score (nSPS) is 49.8. The maximum absolute atomic E-state index is 12.4. The first-order valence-electron chi connectivity index (χ1n) is 23.1. The van der Waals surface area contributed by atoms with Gasteiger partial charge in [0.2, 0.25) is 11.8 Å². The zero-order valence-electron chi connectivity index (χ0n) is 38.9. The number of ether oxygens (including phenoxy) is 11. The molecule has 6 rings (SSSR count). The molecule has 73 heavy (non-hydrogen) atoms. The van der Waals surface area contributed by atoms with Gasteiger partial charge in [0.25, 0.3) is 0 Å². The van der Waals surface area contributed by atoms with Crippen molar-refractivity contribution in [2.75, 3.05) is 39.6 Å². The average Bonchev–Trinajstić information content (AvgIpc) is 3.35. The van der Waals surface area contributed by atoms with E-state index in [2.05, 4.69) is 10.6 Å². The van der Waals surface area contributed by atoms with Crippen molar-refractivity contribution in [1.29, 1.82) is 0 Å². The van der Waals surface area contributed by atoms with Crippen LogP contribution in [0.5, 0.6) is 0 Å². The van der Waals surface area contributed by atoms with Crippen LogP contribution in [0.15, 0.2) is 0 Å². The van der Waals surface area contributed by atoms with E-state index in [1.165, 1.54) is 0 Å². The van der Waals surface area contributed by atoms with Crippen LogP contribution < -0.4 is 10.6 Å². The molecule has 20 N–H and O–H groups in total. The Hall–Kier alpha value is -2.22. The monoisotopic (exact) mass is 1070 g/mol. The van der Waals surface area contributed by atoms with E-state index >= 15 is 0 Å². The lowest BCUT2D eigenvalue weighted by atomic mass is 9.94. The van der Waals surface area contributed by atoms with E-state index in [4.69, 9.17) is 52.1 Å². The lowest BCUT2D eigenvalue weighted by molar-refractivity contribution is -0.376. The van der Waals surface area contributed by atoms with Gasteiger partial charge in [-0.1, -0.05) is 0 Å². The fraction of sp³-hybridized carbons (Fsp3) is 0.950. The molecular weight excluding hydrogens is 1000 g/mol. The summed E-state index contributed by atoms with van der Waals surface area (Å²) in [5.41, 5.74) is 0. The van der Waals surface area contributed by atoms with Crippen LogP contribution in [0.3, 0.4) is 0 Å². The summed E-state index contributed by atoms with van der Waals surface area (Å²) in [4.78, 5) is 24.3. The maximum Gasteiger partial charge on any atom is 0.217 e. The summed E-state index contributed by atoms with van der Waals surface area (Å²) in [5, 5.41) is 196. The Labute approximate surface area is 413 Å². The molecule has 0 bridgehead atoms. The molecule has 33 nitrogen and oxygen atoms in total. The third-order valence-corrected chi connectivity index (χ3v) is 13.2. The van der Waals surface area contributed by atoms with E-state index in [9.17, 15) is 102 Å². The second kappa shape index (κ2) is 26.0. The van der Waals surface area contributed by atoms with Crippen molar-refractivity contribution >= 4 is 11.8 Å². The SMILES string of the molecule is CC(=O)N[C@H]1[C@H](O[C@H]2[C@H](O)[C@@H](NC(C)=O)C(O)O[C@@H]2CO)O[C@H](CO)[C@@H](O[C@@H]2O[C@H](CO[C@H]3O[C@H](CO[C@H]4O[C@H](CO)[C@@H](O)[C@H](O)[C@@H]4O)[C@@H](O)[C@H](O[C@H]4O[C@H](CO)[C@@H](O)[C@H](O)[C@@H]4O)[C@@H]3O)[C@@H](O)[C@H](O)[C@@H]2O)[C@@H]1O. The zero-order valence-corrected chi connectivity index (χ0v) is 38.9. The summed E-state index contributed by atoms with van der Waals surface area (Å²) in [6.07, 6.45) is -52.5. The van der Waals surface area contributed by atoms with Gasteiger partial charge in [0.15, 0.2) is 37.7 Å². The van der Waals surface area contributed by atoms with Crippen LogP contribution in [-0.4, -0.2) is 327 Å². The lowest BCUT2D eigenvalue weighted by Crippen LogP contribution is -2.70. The Morgan fingerprint density at radius 3 is 1.19 bits per heavy atom. The molecule has 1 unspecified atom stereocenters. The van der Waals surface area contributed by atoms with Crippen molar-refractivity contribution in [3.05, 3.63) is 0 Å². The van der Waals surface area contributed by atoms with Crippen molar-refractivity contribution in [1.82, 2.24) is 10.6 Å². The molecule has 0 saturated carbocycles. The maximum atomic E-state index is 12.4. The Morgan fingerprint density at radius 2 is 0.699 bits per heavy atom. The molecule has 0 radical (unpaired) electrons. The fourth-order valence-electron chi connectivity index (χ4n) is 9.11. The van der Waals surface area contributed by atoms with Crippen LogP contribution in [0.2, 0.25) is 0 Å². The predicted molar refractivity (Wildman–Crippen MR) is 222 cm³/mol. The van der Waals surface area contributed by atoms with E-state index in [0.29, 0.717) is 0 Å². The Bertz CT molecular complexity index is 1750. The summed E-state index contributed by atoms with van der Waals surface area (Å²) in [6.45, 7) is -3.29. The number of aliphatic hydroxyl groups is 18. The van der Waals surface area contributed by atoms with Gasteiger partial charge in [-0.3, -0.25) is 9.59 Å². The predicted octanol–water partition coefficient (Wildman–Crippen LogP) is -13.8. The molecule has 6 aliphatic rings. The molecule has 424 valence electrons. The Balaban J connectivity index is 1.19. The molecule has 33 heteroatoms. The standard InChI is InChI=1S/C40H68N2O31/c1-9(47)41-17-23(53)32(13(5-45)65-35(17)62)71-36-18(42-10(2)48)24(54)33(14(6-46)68-36)72-40-30(60)27(57)21(51)15(70-40)7-64-38-31(61)34(73-39-29(59)26(56)20(50)12(4-44)67-39)22(52)16(69-38)8-63-37-28(58)25(55)19(49)11(3-43)66-37/h11-40,43-46,49-62H,3-8H2,1-2H3,(H,41,47)(H,42,48)/t11-,12-,13-,14-,15-,16-,17-,18-,19-,20-,21-,22-,23-,24-,25+,26+,27+,28+,29+,30+,31+,32-,33-,34+,35?,36+,37+,38+,39-,40+/m1/s1. The first-order valence-corrected chi connectivity index (χ1v) is 23.1. The van der Waals surface area contributed by atoms with Gasteiger partial charge < -0.3 is 155 Å². The zero-order chi connectivity index (χ0) is 53.9. The van der Waals surface area contributed by atoms with Crippen molar-refractivity contribution in [3.8, 4) is 0 Å². The van der Waals surface area contributed by atoms with Crippen LogP contribution in [0.1, 0.15) is 13.8 Å². The highest BCUT2D eigenvalue weighted by Gasteiger charge is 2.56. The Morgan fingerprint density at radius 1 is 0.356 bits per heavy atom. The molecule has 0 aliphatic carbocycles. The highest BCUT2D eigenvalue weighted by molar-refractivity contribution is 5.73. The van der Waals surface area contributed by atoms with Gasteiger partial charge in [-0.05, 0) is 0 Å². The van der Waals surface area contributed by atoms with Gasteiger partial charge in [0.1, 0.15) is 146 Å². The smallest absolute Gasteiger partial charge is 0.217 e. The molecule has 0 aromatic rings. The van der Waals surface area contributed by atoms with Gasteiger partial charge >= 0.3 is 0 Å². The van der Waals surface area contributed by atoms with Gasteiger partial charge in [-0.2, -0.15) is 0 Å². The summed E-state index contributed by atoms with van der Waals surface area (Å²) >= 11 is 0. The molecular formula is C40H68N2O31. The first kappa shape index (κ1) is 60.0. The van der Waals surface area contributed by atoms with Gasteiger partial charge in [-0.25, -0.2) is 0 Å². The third kappa shape index (κ3) is 13.2. The lowest BCUT2D eigenvalue weighted by Gasteiger charge is -2.49. The number of aliphatic hydroxyl groups excluding tert-OH is 18. The third-order valence-electron chi connectivity index (χ3n) is 13.2. The van der Waals surface area contributed by atoms with Crippen LogP contribution in [0.4, 0.5) is 0 Å². The van der Waals surface area contributed by atoms with Gasteiger partial charge in [0, 0.05) is 13.8 Å². The van der Waals surface area contributed by atoms with Crippen LogP contribution in [0, 0.1) is 0 Å². The van der Waals surface area contributed by atoms with E-state index in [1.807, 2.05) is 0 Å². The number of carbonyl (C=O) groups excluding carboxylic acids is 2. The highest BCUT2D eigenvalue weighted by atomic mass is 16.8. The minimum absolute atomic E-state index is 0.702. The number of rotatable bonds is 18. The van der Waals surface area contributed by atoms with Crippen molar-refractivity contribution in [2.24, 2.45) is 0 Å². The molecule has 0 spiro atoms. The van der Waals surface area contributed by atoms with Crippen molar-refractivity contribution < 1.29 is 154 Å². The molecule has 0 aromatic heterocycles. The quantitative estimate of drug-likeness (QED) is 0.0606. The number of hydrogen-bond donors (Lipinski definition) is 20.